The van der Waals surface area contributed by atoms with Gasteiger partial charge in [-0.25, -0.2) is 4.98 Å². The highest BCUT2D eigenvalue weighted by Gasteiger charge is 2.39. The number of hydrogen-bond donors (Lipinski definition) is 1. The molecule has 1 saturated carbocycles. The van der Waals surface area contributed by atoms with Crippen molar-refractivity contribution in [3.8, 4) is 0 Å². The minimum absolute atomic E-state index is 0.0154. The highest BCUT2D eigenvalue weighted by molar-refractivity contribution is 6.34. The third-order valence-electron chi connectivity index (χ3n) is 2.84. The quantitative estimate of drug-likeness (QED) is 0.828. The fraction of sp³-hybridized carbons (Fsp3) is 0.455. The highest BCUT2D eigenvalue weighted by atomic mass is 35.5. The molecule has 3 nitrogen and oxygen atoms in total. The van der Waals surface area contributed by atoms with Crippen molar-refractivity contribution in [2.75, 3.05) is 5.32 Å². The van der Waals surface area contributed by atoms with E-state index in [1.165, 1.54) is 0 Å². The predicted molar refractivity (Wildman–Crippen MR) is 64.9 cm³/mol. The number of pyridine rings is 1. The van der Waals surface area contributed by atoms with Gasteiger partial charge in [0.1, 0.15) is 5.15 Å². The summed E-state index contributed by atoms with van der Waals surface area (Å²) in [6.07, 6.45) is 0.948. The zero-order valence-corrected chi connectivity index (χ0v) is 10.6. The van der Waals surface area contributed by atoms with Gasteiger partial charge in [-0.3, -0.25) is 4.79 Å². The molecular weight excluding hydrogens is 247 g/mol. The Morgan fingerprint density at radius 1 is 1.56 bits per heavy atom. The molecule has 0 radical (unpaired) electrons. The Bertz CT molecular complexity index is 425. The third-order valence-corrected chi connectivity index (χ3v) is 3.30. The average Bonchev–Trinajstić information content (AvgIpc) is 2.88. The molecule has 1 aliphatic carbocycles. The number of carbonyl (C=O) groups excluding carboxylic acids is 1. The molecule has 2 rings (SSSR count). The molecule has 1 aromatic heterocycles. The molecule has 1 N–H and O–H groups in total. The van der Waals surface area contributed by atoms with Crippen molar-refractivity contribution in [1.82, 2.24) is 4.98 Å². The molecule has 1 aliphatic rings. The zero-order chi connectivity index (χ0) is 11.9. The summed E-state index contributed by atoms with van der Waals surface area (Å²) in [5, 5.41) is 3.38. The van der Waals surface area contributed by atoms with E-state index in [0.29, 0.717) is 16.8 Å². The van der Waals surface area contributed by atoms with E-state index in [1.54, 1.807) is 6.07 Å². The SMILES string of the molecule is Cc1cc(Cl)nc(Cl)c1NC(=O)C1CC1C. The molecule has 2 unspecified atom stereocenters. The fourth-order valence-electron chi connectivity index (χ4n) is 1.65. The maximum Gasteiger partial charge on any atom is 0.227 e. The van der Waals surface area contributed by atoms with Crippen LogP contribution in [0.1, 0.15) is 18.9 Å². The Kier molecular flexibility index (Phi) is 3.08. The lowest BCUT2D eigenvalue weighted by molar-refractivity contribution is -0.117. The summed E-state index contributed by atoms with van der Waals surface area (Å²) in [6, 6.07) is 1.68. The molecule has 0 spiro atoms. The van der Waals surface area contributed by atoms with Gasteiger partial charge < -0.3 is 5.32 Å². The first-order chi connectivity index (χ1) is 7.49. The van der Waals surface area contributed by atoms with E-state index in [2.05, 4.69) is 17.2 Å². The molecular formula is C11H12Cl2N2O. The highest BCUT2D eigenvalue weighted by Crippen LogP contribution is 2.39. The molecule has 0 aliphatic heterocycles. The predicted octanol–water partition coefficient (Wildman–Crippen LogP) is 3.29. The first kappa shape index (κ1) is 11.7. The summed E-state index contributed by atoms with van der Waals surface area (Å²) in [5.41, 5.74) is 1.39. The number of halogens is 2. The molecule has 1 aromatic rings. The van der Waals surface area contributed by atoms with Crippen molar-refractivity contribution in [2.45, 2.75) is 20.3 Å². The molecule has 5 heteroatoms. The van der Waals surface area contributed by atoms with Gasteiger partial charge in [0.05, 0.1) is 5.69 Å². The van der Waals surface area contributed by atoms with Crippen LogP contribution in [0.3, 0.4) is 0 Å². The Labute approximate surface area is 104 Å². The summed E-state index contributed by atoms with van der Waals surface area (Å²) < 4.78 is 0. The number of anilines is 1. The molecule has 0 aromatic carbocycles. The third kappa shape index (κ3) is 2.30. The van der Waals surface area contributed by atoms with Crippen LogP contribution in [-0.4, -0.2) is 10.9 Å². The minimum atomic E-state index is 0.0154. The summed E-state index contributed by atoms with van der Waals surface area (Å²) in [4.78, 5) is 15.6. The number of hydrogen-bond acceptors (Lipinski definition) is 2. The van der Waals surface area contributed by atoms with Crippen molar-refractivity contribution >= 4 is 34.8 Å². The summed E-state index contributed by atoms with van der Waals surface area (Å²) in [7, 11) is 0. The van der Waals surface area contributed by atoms with Crippen LogP contribution >= 0.6 is 23.2 Å². The van der Waals surface area contributed by atoms with E-state index in [1.807, 2.05) is 6.92 Å². The lowest BCUT2D eigenvalue weighted by Crippen LogP contribution is -2.16. The number of nitrogens with zero attached hydrogens (tertiary/aromatic N) is 1. The van der Waals surface area contributed by atoms with Gasteiger partial charge in [-0.2, -0.15) is 0 Å². The van der Waals surface area contributed by atoms with Crippen LogP contribution in [0.2, 0.25) is 10.3 Å². The van der Waals surface area contributed by atoms with Gasteiger partial charge in [0.2, 0.25) is 5.91 Å². The number of nitrogens with one attached hydrogen (secondary N) is 1. The normalized spacial score (nSPS) is 23.0. The largest absolute Gasteiger partial charge is 0.323 e. The first-order valence-corrected chi connectivity index (χ1v) is 5.88. The molecule has 0 saturated heterocycles. The van der Waals surface area contributed by atoms with E-state index in [-0.39, 0.29) is 17.0 Å². The van der Waals surface area contributed by atoms with Crippen molar-refractivity contribution < 1.29 is 4.79 Å². The summed E-state index contributed by atoms with van der Waals surface area (Å²) in [6.45, 7) is 3.89. The van der Waals surface area contributed by atoms with Crippen molar-refractivity contribution in [3.05, 3.63) is 21.9 Å². The van der Waals surface area contributed by atoms with E-state index >= 15 is 0 Å². The van der Waals surface area contributed by atoms with Crippen LogP contribution in [0, 0.1) is 18.8 Å². The van der Waals surface area contributed by atoms with Crippen LogP contribution in [0.15, 0.2) is 6.07 Å². The smallest absolute Gasteiger partial charge is 0.227 e. The standard InChI is InChI=1S/C11H12Cl2N2O/c1-5-3-7(5)11(16)15-9-6(2)4-8(12)14-10(9)13/h4-5,7H,3H2,1-2H3,(H,15,16). The molecule has 16 heavy (non-hydrogen) atoms. The summed E-state index contributed by atoms with van der Waals surface area (Å²) >= 11 is 11.7. The zero-order valence-electron chi connectivity index (χ0n) is 9.05. The first-order valence-electron chi connectivity index (χ1n) is 5.12. The van der Waals surface area contributed by atoms with Gasteiger partial charge in [-0.1, -0.05) is 30.1 Å². The topological polar surface area (TPSA) is 42.0 Å². The van der Waals surface area contributed by atoms with Crippen LogP contribution in [0.25, 0.3) is 0 Å². The van der Waals surface area contributed by atoms with Gasteiger partial charge in [0, 0.05) is 5.92 Å². The second-order valence-corrected chi connectivity index (χ2v) is 4.98. The van der Waals surface area contributed by atoms with Crippen molar-refractivity contribution in [3.63, 3.8) is 0 Å². The summed E-state index contributed by atoms with van der Waals surface area (Å²) in [5.74, 6) is 0.604. The van der Waals surface area contributed by atoms with Crippen molar-refractivity contribution in [2.24, 2.45) is 11.8 Å². The van der Waals surface area contributed by atoms with Gasteiger partial charge in [-0.15, -0.1) is 0 Å². The number of aryl methyl sites for hydroxylation is 1. The lowest BCUT2D eigenvalue weighted by atomic mass is 10.2. The molecule has 1 fully saturated rings. The van der Waals surface area contributed by atoms with Gasteiger partial charge >= 0.3 is 0 Å². The second kappa shape index (κ2) is 4.22. The molecule has 1 heterocycles. The monoisotopic (exact) mass is 258 g/mol. The van der Waals surface area contributed by atoms with Gasteiger partial charge in [0.15, 0.2) is 5.15 Å². The maximum absolute atomic E-state index is 11.7. The lowest BCUT2D eigenvalue weighted by Gasteiger charge is -2.09. The van der Waals surface area contributed by atoms with E-state index in [9.17, 15) is 4.79 Å². The minimum Gasteiger partial charge on any atom is -0.323 e. The van der Waals surface area contributed by atoms with Crippen molar-refractivity contribution in [1.29, 1.82) is 0 Å². The second-order valence-electron chi connectivity index (χ2n) is 4.24. The fourth-order valence-corrected chi connectivity index (χ4v) is 2.23. The molecule has 1 amide bonds. The number of rotatable bonds is 2. The number of amides is 1. The number of aromatic nitrogens is 1. The van der Waals surface area contributed by atoms with Crippen LogP contribution in [0.5, 0.6) is 0 Å². The van der Waals surface area contributed by atoms with E-state index in [4.69, 9.17) is 23.2 Å². The Balaban J connectivity index is 2.18. The Morgan fingerprint density at radius 2 is 2.19 bits per heavy atom. The molecule has 2 atom stereocenters. The average molecular weight is 259 g/mol. The Morgan fingerprint density at radius 3 is 2.69 bits per heavy atom. The van der Waals surface area contributed by atoms with Gasteiger partial charge in [-0.05, 0) is 30.9 Å². The molecule has 0 bridgehead atoms. The Hall–Kier alpha value is -0.800. The van der Waals surface area contributed by atoms with Crippen LogP contribution in [-0.2, 0) is 4.79 Å². The van der Waals surface area contributed by atoms with E-state index < -0.39 is 0 Å². The van der Waals surface area contributed by atoms with Gasteiger partial charge in [0.25, 0.3) is 0 Å². The van der Waals surface area contributed by atoms with Crippen LogP contribution in [0.4, 0.5) is 5.69 Å². The van der Waals surface area contributed by atoms with Crippen LogP contribution < -0.4 is 5.32 Å². The number of carbonyl (C=O) groups is 1. The maximum atomic E-state index is 11.7. The van der Waals surface area contributed by atoms with E-state index in [0.717, 1.165) is 12.0 Å². The molecule has 86 valence electrons.